The number of fused-ring (bicyclic) bond motifs is 1. The van der Waals surface area contributed by atoms with E-state index in [2.05, 4.69) is 10.6 Å². The van der Waals surface area contributed by atoms with Gasteiger partial charge in [-0.2, -0.15) is 0 Å². The second kappa shape index (κ2) is 7.05. The molecule has 2 N–H and O–H groups in total. The Balaban J connectivity index is 1.80. The molecule has 130 valence electrons. The highest BCUT2D eigenvalue weighted by molar-refractivity contribution is 5.98. The Morgan fingerprint density at radius 3 is 2.52 bits per heavy atom. The number of hydrogen-bond donors (Lipinski definition) is 2. The average Bonchev–Trinajstić information content (AvgIpc) is 2.59. The lowest BCUT2D eigenvalue weighted by Gasteiger charge is -2.24. The van der Waals surface area contributed by atoms with E-state index in [0.29, 0.717) is 18.4 Å². The van der Waals surface area contributed by atoms with Crippen LogP contribution in [0.3, 0.4) is 0 Å². The Hall–Kier alpha value is -2.69. The molecule has 4 nitrogen and oxygen atoms in total. The molecule has 0 saturated heterocycles. The number of halogens is 1. The zero-order valence-corrected chi connectivity index (χ0v) is 14.3. The van der Waals surface area contributed by atoms with Crippen LogP contribution < -0.4 is 10.6 Å². The number of nitrogens with one attached hydrogen (secondary N) is 2. The monoisotopic (exact) mass is 340 g/mol. The molecule has 0 bridgehead atoms. The molecule has 5 heteroatoms. The summed E-state index contributed by atoms with van der Waals surface area (Å²) in [5, 5.41) is 5.85. The lowest BCUT2D eigenvalue weighted by atomic mass is 9.95. The number of amides is 2. The molecule has 0 aromatic heterocycles. The summed E-state index contributed by atoms with van der Waals surface area (Å²) >= 11 is 0. The summed E-state index contributed by atoms with van der Waals surface area (Å²) in [6, 6.07) is 11.3. The normalized spacial score (nSPS) is 14.6. The van der Waals surface area contributed by atoms with E-state index in [0.717, 1.165) is 16.8 Å². The minimum Gasteiger partial charge on any atom is -0.345 e. The fourth-order valence-corrected chi connectivity index (χ4v) is 3.05. The first kappa shape index (κ1) is 17.1. The summed E-state index contributed by atoms with van der Waals surface area (Å²) in [6.07, 6.45) is 1.07. The summed E-state index contributed by atoms with van der Waals surface area (Å²) in [7, 11) is 0. The van der Waals surface area contributed by atoms with Crippen molar-refractivity contribution in [1.82, 2.24) is 5.32 Å². The van der Waals surface area contributed by atoms with Gasteiger partial charge in [-0.3, -0.25) is 9.59 Å². The molecule has 1 heterocycles. The second-order valence-electron chi connectivity index (χ2n) is 6.67. The van der Waals surface area contributed by atoms with E-state index >= 15 is 0 Å². The van der Waals surface area contributed by atoms with Crippen molar-refractivity contribution in [3.8, 4) is 0 Å². The van der Waals surface area contributed by atoms with E-state index in [1.807, 2.05) is 19.9 Å². The zero-order chi connectivity index (χ0) is 18.0. The van der Waals surface area contributed by atoms with Crippen LogP contribution in [0.5, 0.6) is 0 Å². The zero-order valence-electron chi connectivity index (χ0n) is 14.3. The second-order valence-corrected chi connectivity index (χ2v) is 6.67. The van der Waals surface area contributed by atoms with Crippen molar-refractivity contribution in [3.63, 3.8) is 0 Å². The molecular weight excluding hydrogens is 319 g/mol. The molecular formula is C20H21FN2O2. The Morgan fingerprint density at radius 1 is 1.12 bits per heavy atom. The number of anilines is 1. The lowest BCUT2D eigenvalue weighted by molar-refractivity contribution is -0.116. The van der Waals surface area contributed by atoms with Crippen molar-refractivity contribution in [2.75, 3.05) is 5.32 Å². The molecule has 0 radical (unpaired) electrons. The fraction of sp³-hybridized carbons (Fsp3) is 0.300. The third kappa shape index (κ3) is 3.87. The molecule has 25 heavy (non-hydrogen) atoms. The van der Waals surface area contributed by atoms with Gasteiger partial charge in [-0.25, -0.2) is 4.39 Å². The topological polar surface area (TPSA) is 58.2 Å². The lowest BCUT2D eigenvalue weighted by Crippen LogP contribution is -2.32. The Morgan fingerprint density at radius 2 is 1.84 bits per heavy atom. The predicted molar refractivity (Wildman–Crippen MR) is 94.8 cm³/mol. The van der Waals surface area contributed by atoms with Gasteiger partial charge in [0, 0.05) is 17.7 Å². The van der Waals surface area contributed by atoms with Crippen LogP contribution in [0, 0.1) is 11.7 Å². The maximum absolute atomic E-state index is 13.1. The molecule has 3 rings (SSSR count). The maximum Gasteiger partial charge on any atom is 0.251 e. The van der Waals surface area contributed by atoms with Gasteiger partial charge in [-0.15, -0.1) is 0 Å². The van der Waals surface area contributed by atoms with Crippen LogP contribution in [0.25, 0.3) is 0 Å². The van der Waals surface area contributed by atoms with Crippen molar-refractivity contribution in [3.05, 3.63) is 65.0 Å². The van der Waals surface area contributed by atoms with E-state index < -0.39 is 0 Å². The van der Waals surface area contributed by atoms with Crippen molar-refractivity contribution < 1.29 is 14.0 Å². The van der Waals surface area contributed by atoms with Gasteiger partial charge in [0.1, 0.15) is 5.82 Å². The number of carbonyl (C=O) groups is 2. The first-order valence-corrected chi connectivity index (χ1v) is 8.43. The van der Waals surface area contributed by atoms with Crippen molar-refractivity contribution in [1.29, 1.82) is 0 Å². The summed E-state index contributed by atoms with van der Waals surface area (Å²) < 4.78 is 13.1. The van der Waals surface area contributed by atoms with Gasteiger partial charge in [-0.05, 0) is 53.8 Å². The van der Waals surface area contributed by atoms with Gasteiger partial charge in [0.15, 0.2) is 0 Å². The highest BCUT2D eigenvalue weighted by Gasteiger charge is 2.21. The van der Waals surface area contributed by atoms with Crippen LogP contribution in [0.15, 0.2) is 42.5 Å². The molecule has 1 aliphatic heterocycles. The Bertz CT molecular complexity index is 800. The summed E-state index contributed by atoms with van der Waals surface area (Å²) in [5.74, 6) is -0.316. The van der Waals surface area contributed by atoms with Crippen LogP contribution in [-0.4, -0.2) is 11.8 Å². The van der Waals surface area contributed by atoms with E-state index in [-0.39, 0.29) is 29.6 Å². The van der Waals surface area contributed by atoms with Crippen LogP contribution in [-0.2, 0) is 11.2 Å². The molecule has 0 fully saturated rings. The third-order valence-electron chi connectivity index (χ3n) is 4.45. The van der Waals surface area contributed by atoms with Crippen molar-refractivity contribution >= 4 is 17.5 Å². The summed E-state index contributed by atoms with van der Waals surface area (Å²) in [4.78, 5) is 24.1. The van der Waals surface area contributed by atoms with E-state index in [4.69, 9.17) is 0 Å². The molecule has 2 amide bonds. The number of hydrogen-bond acceptors (Lipinski definition) is 2. The molecule has 1 atom stereocenters. The van der Waals surface area contributed by atoms with Gasteiger partial charge in [0.25, 0.3) is 5.91 Å². The number of rotatable bonds is 4. The highest BCUT2D eigenvalue weighted by atomic mass is 19.1. The van der Waals surface area contributed by atoms with Gasteiger partial charge >= 0.3 is 0 Å². The summed E-state index contributed by atoms with van der Waals surface area (Å²) in [5.41, 5.74) is 3.17. The molecule has 1 aliphatic rings. The van der Waals surface area contributed by atoms with E-state index in [1.54, 1.807) is 24.3 Å². The van der Waals surface area contributed by atoms with Crippen molar-refractivity contribution in [2.24, 2.45) is 5.92 Å². The van der Waals surface area contributed by atoms with Crippen molar-refractivity contribution in [2.45, 2.75) is 32.7 Å². The number of benzene rings is 2. The van der Waals surface area contributed by atoms with Crippen LogP contribution in [0.2, 0.25) is 0 Å². The highest BCUT2D eigenvalue weighted by Crippen LogP contribution is 2.25. The molecule has 2 aromatic carbocycles. The third-order valence-corrected chi connectivity index (χ3v) is 4.45. The SMILES string of the molecule is CC(C)C(NC(=O)c1ccc2c(c1)CCC(=O)N2)c1ccc(F)cc1. The predicted octanol–water partition coefficient (Wildman–Crippen LogP) is 3.84. The molecule has 0 saturated carbocycles. The average molecular weight is 340 g/mol. The Kier molecular flexibility index (Phi) is 4.83. The van der Waals surface area contributed by atoms with Gasteiger partial charge in [-0.1, -0.05) is 26.0 Å². The minimum absolute atomic E-state index is 0.000818. The fourth-order valence-electron chi connectivity index (χ4n) is 3.05. The first-order valence-electron chi connectivity index (χ1n) is 8.43. The molecule has 2 aromatic rings. The van der Waals surface area contributed by atoms with Crippen LogP contribution >= 0.6 is 0 Å². The van der Waals surface area contributed by atoms with Crippen LogP contribution in [0.4, 0.5) is 10.1 Å². The standard InChI is InChI=1S/C20H21FN2O2/c1-12(2)19(13-3-7-16(21)8-4-13)23-20(25)15-5-9-17-14(11-15)6-10-18(24)22-17/h3-5,7-9,11-12,19H,6,10H2,1-2H3,(H,22,24)(H,23,25). The van der Waals surface area contributed by atoms with Gasteiger partial charge < -0.3 is 10.6 Å². The van der Waals surface area contributed by atoms with E-state index in [9.17, 15) is 14.0 Å². The number of aryl methyl sites for hydroxylation is 1. The Labute approximate surface area is 146 Å². The van der Waals surface area contributed by atoms with E-state index in [1.165, 1.54) is 12.1 Å². The largest absolute Gasteiger partial charge is 0.345 e. The van der Waals surface area contributed by atoms with Gasteiger partial charge in [0.2, 0.25) is 5.91 Å². The molecule has 0 spiro atoms. The quantitative estimate of drug-likeness (QED) is 0.888. The van der Waals surface area contributed by atoms with Gasteiger partial charge in [0.05, 0.1) is 6.04 Å². The number of carbonyl (C=O) groups excluding carboxylic acids is 2. The summed E-state index contributed by atoms with van der Waals surface area (Å²) in [6.45, 7) is 4.02. The minimum atomic E-state index is -0.297. The smallest absolute Gasteiger partial charge is 0.251 e. The molecule has 1 unspecified atom stereocenters. The maximum atomic E-state index is 13.1. The molecule has 0 aliphatic carbocycles. The van der Waals surface area contributed by atoms with Crippen LogP contribution in [0.1, 0.15) is 47.8 Å². The first-order chi connectivity index (χ1) is 11.9.